The minimum absolute atomic E-state index is 0.120. The summed E-state index contributed by atoms with van der Waals surface area (Å²) >= 11 is 0. The molecule has 1 N–H and O–H groups in total. The Hall–Kier alpha value is -0.560. The van der Waals surface area contributed by atoms with E-state index in [0.717, 1.165) is 12.0 Å². The first kappa shape index (κ1) is 9.53. The fourth-order valence-electron chi connectivity index (χ4n) is 1.91. The second-order valence-corrected chi connectivity index (χ2v) is 4.21. The van der Waals surface area contributed by atoms with E-state index in [1.54, 1.807) is 0 Å². The molecule has 0 saturated heterocycles. The molecule has 0 spiro atoms. The van der Waals surface area contributed by atoms with Crippen molar-refractivity contribution in [2.45, 2.75) is 27.2 Å². The van der Waals surface area contributed by atoms with Crippen molar-refractivity contribution >= 4 is 0 Å². The molecule has 1 aliphatic carbocycles. The molecule has 0 amide bonds. The van der Waals surface area contributed by atoms with Crippen LogP contribution in [-0.4, -0.2) is 11.7 Å². The predicted molar refractivity (Wildman–Crippen MR) is 51.9 cm³/mol. The normalized spacial score (nSPS) is 27.0. The van der Waals surface area contributed by atoms with Gasteiger partial charge in [0, 0.05) is 0 Å². The molecule has 0 bridgehead atoms. The van der Waals surface area contributed by atoms with Gasteiger partial charge in [0.2, 0.25) is 0 Å². The lowest BCUT2D eigenvalue weighted by Gasteiger charge is -2.30. The average Bonchev–Trinajstić information content (AvgIpc) is 2.27. The molecule has 0 aromatic heterocycles. The van der Waals surface area contributed by atoms with Crippen LogP contribution in [0.15, 0.2) is 23.8 Å². The van der Waals surface area contributed by atoms with Crippen LogP contribution in [0.1, 0.15) is 27.2 Å². The number of hydrogen-bond donors (Lipinski definition) is 1. The van der Waals surface area contributed by atoms with Crippen molar-refractivity contribution in [2.24, 2.45) is 11.3 Å². The zero-order chi connectivity index (χ0) is 9.35. The zero-order valence-electron chi connectivity index (χ0n) is 8.22. The first-order chi connectivity index (χ1) is 5.50. The Bertz CT molecular complexity index is 223. The quantitative estimate of drug-likeness (QED) is 0.625. The van der Waals surface area contributed by atoms with E-state index in [2.05, 4.69) is 33.4 Å². The average molecular weight is 166 g/mol. The topological polar surface area (TPSA) is 20.2 Å². The molecule has 0 fully saturated rings. The van der Waals surface area contributed by atoms with Crippen molar-refractivity contribution in [3.8, 4) is 0 Å². The van der Waals surface area contributed by atoms with Crippen LogP contribution in [0.25, 0.3) is 0 Å². The third-order valence-corrected chi connectivity index (χ3v) is 3.24. The molecule has 0 aromatic carbocycles. The Kier molecular flexibility index (Phi) is 2.43. The molecule has 1 heteroatoms. The van der Waals surface area contributed by atoms with Gasteiger partial charge >= 0.3 is 0 Å². The van der Waals surface area contributed by atoms with Gasteiger partial charge in [0.1, 0.15) is 0 Å². The number of aliphatic hydroxyl groups excluding tert-OH is 1. The Balaban J connectivity index is 2.80. The van der Waals surface area contributed by atoms with Crippen molar-refractivity contribution in [3.05, 3.63) is 23.8 Å². The summed E-state index contributed by atoms with van der Waals surface area (Å²) in [4.78, 5) is 0. The first-order valence-corrected chi connectivity index (χ1v) is 4.46. The van der Waals surface area contributed by atoms with E-state index in [9.17, 15) is 0 Å². The molecule has 0 aliphatic heterocycles. The van der Waals surface area contributed by atoms with Crippen LogP contribution >= 0.6 is 0 Å². The van der Waals surface area contributed by atoms with Gasteiger partial charge in [0.15, 0.2) is 0 Å². The van der Waals surface area contributed by atoms with Crippen LogP contribution in [0, 0.1) is 11.3 Å². The molecule has 1 rings (SSSR count). The van der Waals surface area contributed by atoms with E-state index in [1.165, 1.54) is 5.57 Å². The Morgan fingerprint density at radius 2 is 2.33 bits per heavy atom. The van der Waals surface area contributed by atoms with Gasteiger partial charge in [-0.3, -0.25) is 0 Å². The molecule has 1 unspecified atom stereocenters. The maximum absolute atomic E-state index is 8.99. The third kappa shape index (κ3) is 1.34. The molecule has 12 heavy (non-hydrogen) atoms. The molecule has 0 saturated carbocycles. The van der Waals surface area contributed by atoms with E-state index in [4.69, 9.17) is 5.11 Å². The minimum atomic E-state index is 0.120. The standard InChI is InChI=1S/C11H18O/c1-8(7-12)10-6-5-9(2)11(10,3)4/h5,10,12H,1,6-7H2,2-4H3. The SMILES string of the molecule is C=C(CO)C1CC=C(C)C1(C)C. The van der Waals surface area contributed by atoms with Crippen molar-refractivity contribution in [3.63, 3.8) is 0 Å². The van der Waals surface area contributed by atoms with Crippen molar-refractivity contribution in [2.75, 3.05) is 6.61 Å². The number of rotatable bonds is 2. The molecule has 1 atom stereocenters. The maximum Gasteiger partial charge on any atom is 0.0642 e. The minimum Gasteiger partial charge on any atom is -0.392 e. The second-order valence-electron chi connectivity index (χ2n) is 4.21. The van der Waals surface area contributed by atoms with Crippen LogP contribution < -0.4 is 0 Å². The Morgan fingerprint density at radius 3 is 2.67 bits per heavy atom. The molecule has 0 heterocycles. The summed E-state index contributed by atoms with van der Waals surface area (Å²) in [6.07, 6.45) is 3.30. The molecule has 0 radical (unpaired) electrons. The highest BCUT2D eigenvalue weighted by atomic mass is 16.3. The van der Waals surface area contributed by atoms with Gasteiger partial charge in [-0.25, -0.2) is 0 Å². The lowest BCUT2D eigenvalue weighted by atomic mass is 9.74. The van der Waals surface area contributed by atoms with Crippen molar-refractivity contribution in [1.82, 2.24) is 0 Å². The van der Waals surface area contributed by atoms with E-state index in [1.807, 2.05) is 0 Å². The Morgan fingerprint density at radius 1 is 1.75 bits per heavy atom. The summed E-state index contributed by atoms with van der Waals surface area (Å²) < 4.78 is 0. The molecule has 68 valence electrons. The van der Waals surface area contributed by atoms with Crippen molar-refractivity contribution in [1.29, 1.82) is 0 Å². The van der Waals surface area contributed by atoms with Gasteiger partial charge in [-0.2, -0.15) is 0 Å². The summed E-state index contributed by atoms with van der Waals surface area (Å²) in [5, 5.41) is 8.99. The smallest absolute Gasteiger partial charge is 0.0642 e. The van der Waals surface area contributed by atoms with Crippen LogP contribution in [0.3, 0.4) is 0 Å². The highest BCUT2D eigenvalue weighted by molar-refractivity contribution is 5.25. The van der Waals surface area contributed by atoms with Gasteiger partial charge in [0.05, 0.1) is 6.61 Å². The fourth-order valence-corrected chi connectivity index (χ4v) is 1.91. The molecule has 1 aliphatic rings. The first-order valence-electron chi connectivity index (χ1n) is 4.46. The highest BCUT2D eigenvalue weighted by Gasteiger charge is 2.35. The summed E-state index contributed by atoms with van der Waals surface area (Å²) in [6.45, 7) is 10.6. The molecule has 0 aromatic rings. The number of allylic oxidation sites excluding steroid dienone is 2. The van der Waals surface area contributed by atoms with E-state index in [-0.39, 0.29) is 12.0 Å². The molecular formula is C11H18O. The summed E-state index contributed by atoms with van der Waals surface area (Å²) in [5.74, 6) is 0.433. The number of aliphatic hydroxyl groups is 1. The third-order valence-electron chi connectivity index (χ3n) is 3.24. The summed E-state index contributed by atoms with van der Waals surface area (Å²) in [7, 11) is 0. The lowest BCUT2D eigenvalue weighted by molar-refractivity contribution is 0.268. The van der Waals surface area contributed by atoms with Gasteiger partial charge in [0.25, 0.3) is 0 Å². The fraction of sp³-hybridized carbons (Fsp3) is 0.636. The van der Waals surface area contributed by atoms with Gasteiger partial charge < -0.3 is 5.11 Å². The van der Waals surface area contributed by atoms with Crippen LogP contribution in [-0.2, 0) is 0 Å². The van der Waals surface area contributed by atoms with Gasteiger partial charge in [-0.15, -0.1) is 0 Å². The zero-order valence-corrected chi connectivity index (χ0v) is 8.22. The largest absolute Gasteiger partial charge is 0.392 e. The van der Waals surface area contributed by atoms with Gasteiger partial charge in [-0.1, -0.05) is 32.1 Å². The van der Waals surface area contributed by atoms with Gasteiger partial charge in [-0.05, 0) is 30.3 Å². The van der Waals surface area contributed by atoms with Crippen LogP contribution in [0.2, 0.25) is 0 Å². The van der Waals surface area contributed by atoms with E-state index < -0.39 is 0 Å². The highest BCUT2D eigenvalue weighted by Crippen LogP contribution is 2.45. The van der Waals surface area contributed by atoms with Crippen molar-refractivity contribution < 1.29 is 5.11 Å². The monoisotopic (exact) mass is 166 g/mol. The van der Waals surface area contributed by atoms with Crippen LogP contribution in [0.5, 0.6) is 0 Å². The van der Waals surface area contributed by atoms with E-state index >= 15 is 0 Å². The lowest BCUT2D eigenvalue weighted by Crippen LogP contribution is -2.23. The second kappa shape index (κ2) is 3.06. The molecular weight excluding hydrogens is 148 g/mol. The maximum atomic E-state index is 8.99. The predicted octanol–water partition coefficient (Wildman–Crippen LogP) is 2.53. The summed E-state index contributed by atoms with van der Waals surface area (Å²) in [6, 6.07) is 0. The number of hydrogen-bond acceptors (Lipinski definition) is 1. The van der Waals surface area contributed by atoms with E-state index in [0.29, 0.717) is 5.92 Å². The summed E-state index contributed by atoms with van der Waals surface area (Å²) in [5.41, 5.74) is 2.58. The molecule has 1 nitrogen and oxygen atoms in total. The van der Waals surface area contributed by atoms with Crippen LogP contribution in [0.4, 0.5) is 0 Å². The Labute approximate surface area is 74.8 Å².